The molecule has 1 unspecified atom stereocenters. The van der Waals surface area contributed by atoms with Crippen LogP contribution in [0.2, 0.25) is 0 Å². The lowest BCUT2D eigenvalue weighted by Crippen LogP contribution is -2.41. The van der Waals surface area contributed by atoms with Gasteiger partial charge in [0.1, 0.15) is 5.82 Å². The lowest BCUT2D eigenvalue weighted by atomic mass is 9.84. The van der Waals surface area contributed by atoms with Gasteiger partial charge in [-0.3, -0.25) is 9.58 Å². The Labute approximate surface area is 178 Å². The summed E-state index contributed by atoms with van der Waals surface area (Å²) >= 11 is 0. The van der Waals surface area contributed by atoms with Crippen LogP contribution in [0.25, 0.3) is 0 Å². The smallest absolute Gasteiger partial charge is 0.126 e. The van der Waals surface area contributed by atoms with Crippen molar-refractivity contribution in [2.24, 2.45) is 0 Å². The molecule has 0 radical (unpaired) electrons. The molecule has 2 saturated heterocycles. The van der Waals surface area contributed by atoms with E-state index in [0.717, 1.165) is 31.7 Å². The van der Waals surface area contributed by atoms with Crippen molar-refractivity contribution < 1.29 is 4.39 Å². The predicted octanol–water partition coefficient (Wildman–Crippen LogP) is 4.19. The Morgan fingerprint density at radius 3 is 2.57 bits per heavy atom. The number of fused-ring (bicyclic) bond motifs is 3. The molecule has 4 nitrogen and oxygen atoms in total. The molecule has 2 aromatic rings. The minimum atomic E-state index is -0.0904. The summed E-state index contributed by atoms with van der Waals surface area (Å²) in [5, 5.41) is 8.25. The largest absolute Gasteiger partial charge is 0.309 e. The van der Waals surface area contributed by atoms with Crippen LogP contribution >= 0.6 is 24.8 Å². The van der Waals surface area contributed by atoms with Crippen LogP contribution in [-0.4, -0.2) is 33.3 Å². The summed E-state index contributed by atoms with van der Waals surface area (Å²) in [7, 11) is 0. The Morgan fingerprint density at radius 2 is 1.89 bits per heavy atom. The number of nitrogens with one attached hydrogen (secondary N) is 1. The molecule has 7 heteroatoms. The number of benzene rings is 1. The Kier molecular flexibility index (Phi) is 6.70. The Morgan fingerprint density at radius 1 is 1.14 bits per heavy atom. The number of hydrogen-bond acceptors (Lipinski definition) is 3. The molecule has 0 amide bonds. The third-order valence-electron chi connectivity index (χ3n) is 6.60. The first-order valence-electron chi connectivity index (χ1n) is 9.95. The van der Waals surface area contributed by atoms with E-state index in [0.29, 0.717) is 18.0 Å². The maximum Gasteiger partial charge on any atom is 0.126 e. The number of aryl methyl sites for hydroxylation is 1. The summed E-state index contributed by atoms with van der Waals surface area (Å²) in [6, 6.07) is 9.26. The molecular formula is C21H29Cl2FN4. The van der Waals surface area contributed by atoms with Crippen molar-refractivity contribution in [3.8, 4) is 0 Å². The van der Waals surface area contributed by atoms with Gasteiger partial charge in [-0.1, -0.05) is 12.1 Å². The SMILES string of the molecule is Cc1cc(C2C[C@H]3CC[C@@H](C2)N3Cc2cc3n(n2)CCNC3)ccc1F.Cl.Cl. The second kappa shape index (κ2) is 8.70. The lowest BCUT2D eigenvalue weighted by Gasteiger charge is -2.39. The first-order chi connectivity index (χ1) is 12.7. The van der Waals surface area contributed by atoms with E-state index in [1.807, 2.05) is 13.0 Å². The van der Waals surface area contributed by atoms with Crippen molar-refractivity contribution in [1.82, 2.24) is 20.0 Å². The maximum absolute atomic E-state index is 13.6. The summed E-state index contributed by atoms with van der Waals surface area (Å²) in [5.74, 6) is 0.481. The van der Waals surface area contributed by atoms with Gasteiger partial charge in [0.2, 0.25) is 0 Å². The number of nitrogens with zero attached hydrogens (tertiary/aromatic N) is 3. The molecular weight excluding hydrogens is 398 g/mol. The minimum Gasteiger partial charge on any atom is -0.309 e. The fourth-order valence-electron chi connectivity index (χ4n) is 5.24. The molecule has 1 aromatic carbocycles. The molecule has 3 atom stereocenters. The summed E-state index contributed by atoms with van der Waals surface area (Å²) in [6.45, 7) is 5.78. The van der Waals surface area contributed by atoms with E-state index in [4.69, 9.17) is 5.10 Å². The van der Waals surface area contributed by atoms with E-state index in [1.54, 1.807) is 6.07 Å². The van der Waals surface area contributed by atoms with Crippen LogP contribution in [0.15, 0.2) is 24.3 Å². The summed E-state index contributed by atoms with van der Waals surface area (Å²) in [4.78, 5) is 2.69. The van der Waals surface area contributed by atoms with Crippen molar-refractivity contribution in [3.05, 3.63) is 52.6 Å². The average Bonchev–Trinajstić information content (AvgIpc) is 3.14. The molecule has 154 valence electrons. The van der Waals surface area contributed by atoms with Crippen LogP contribution in [0.1, 0.15) is 54.1 Å². The van der Waals surface area contributed by atoms with Gasteiger partial charge in [0, 0.05) is 31.7 Å². The second-order valence-electron chi connectivity index (χ2n) is 8.26. The van der Waals surface area contributed by atoms with Gasteiger partial charge in [0.15, 0.2) is 0 Å². The summed E-state index contributed by atoms with van der Waals surface area (Å²) < 4.78 is 15.8. The molecule has 3 aliphatic heterocycles. The third kappa shape index (κ3) is 3.95. The van der Waals surface area contributed by atoms with Gasteiger partial charge >= 0.3 is 0 Å². The zero-order valence-corrected chi connectivity index (χ0v) is 17.9. The molecule has 5 rings (SSSR count). The number of hydrogen-bond donors (Lipinski definition) is 1. The normalized spacial score (nSPS) is 26.3. The highest BCUT2D eigenvalue weighted by atomic mass is 35.5. The first-order valence-corrected chi connectivity index (χ1v) is 9.95. The number of rotatable bonds is 3. The van der Waals surface area contributed by atoms with Gasteiger partial charge in [0.25, 0.3) is 0 Å². The topological polar surface area (TPSA) is 33.1 Å². The Balaban J connectivity index is 0.00000112. The summed E-state index contributed by atoms with van der Waals surface area (Å²) in [5.41, 5.74) is 4.63. The fraction of sp³-hybridized carbons (Fsp3) is 0.571. The zero-order valence-electron chi connectivity index (χ0n) is 16.2. The summed E-state index contributed by atoms with van der Waals surface area (Å²) in [6.07, 6.45) is 4.96. The van der Waals surface area contributed by atoms with E-state index in [1.165, 1.54) is 42.6 Å². The second-order valence-corrected chi connectivity index (χ2v) is 8.26. The van der Waals surface area contributed by atoms with Crippen LogP contribution in [0.5, 0.6) is 0 Å². The van der Waals surface area contributed by atoms with Crippen LogP contribution in [0, 0.1) is 12.7 Å². The maximum atomic E-state index is 13.6. The number of piperidine rings is 1. The van der Waals surface area contributed by atoms with E-state index in [9.17, 15) is 4.39 Å². The van der Waals surface area contributed by atoms with Crippen molar-refractivity contribution in [2.75, 3.05) is 6.54 Å². The highest BCUT2D eigenvalue weighted by Crippen LogP contribution is 2.43. The molecule has 1 N–H and O–H groups in total. The average molecular weight is 427 g/mol. The van der Waals surface area contributed by atoms with E-state index in [2.05, 4.69) is 27.0 Å². The zero-order chi connectivity index (χ0) is 17.7. The Bertz CT molecular complexity index is 787. The van der Waals surface area contributed by atoms with Gasteiger partial charge in [-0.25, -0.2) is 4.39 Å². The quantitative estimate of drug-likeness (QED) is 0.798. The first kappa shape index (κ1) is 21.6. The van der Waals surface area contributed by atoms with Crippen molar-refractivity contribution in [3.63, 3.8) is 0 Å². The lowest BCUT2D eigenvalue weighted by molar-refractivity contribution is 0.116. The van der Waals surface area contributed by atoms with Crippen molar-refractivity contribution >= 4 is 24.8 Å². The van der Waals surface area contributed by atoms with Crippen LogP contribution in [-0.2, 0) is 19.6 Å². The highest BCUT2D eigenvalue weighted by Gasteiger charge is 2.41. The van der Waals surface area contributed by atoms with Crippen molar-refractivity contribution in [2.45, 2.75) is 70.2 Å². The number of aromatic nitrogens is 2. The van der Waals surface area contributed by atoms with Crippen LogP contribution in [0.4, 0.5) is 4.39 Å². The molecule has 0 saturated carbocycles. The molecule has 28 heavy (non-hydrogen) atoms. The fourth-order valence-corrected chi connectivity index (χ4v) is 5.24. The minimum absolute atomic E-state index is 0. The van der Waals surface area contributed by atoms with E-state index >= 15 is 0 Å². The van der Waals surface area contributed by atoms with Crippen molar-refractivity contribution in [1.29, 1.82) is 0 Å². The molecule has 0 aliphatic carbocycles. The molecule has 3 aliphatic rings. The van der Waals surface area contributed by atoms with Crippen LogP contribution < -0.4 is 5.32 Å². The monoisotopic (exact) mass is 426 g/mol. The van der Waals surface area contributed by atoms with Gasteiger partial charge in [-0.15, -0.1) is 24.8 Å². The number of halogens is 3. The van der Waals surface area contributed by atoms with Crippen LogP contribution in [0.3, 0.4) is 0 Å². The highest BCUT2D eigenvalue weighted by molar-refractivity contribution is 5.85. The van der Waals surface area contributed by atoms with Gasteiger partial charge in [-0.2, -0.15) is 5.10 Å². The predicted molar refractivity (Wildman–Crippen MR) is 114 cm³/mol. The molecule has 1 aromatic heterocycles. The van der Waals surface area contributed by atoms with E-state index in [-0.39, 0.29) is 30.6 Å². The van der Waals surface area contributed by atoms with Gasteiger partial charge < -0.3 is 5.32 Å². The van der Waals surface area contributed by atoms with E-state index < -0.39 is 0 Å². The molecule has 2 fully saturated rings. The molecule has 0 spiro atoms. The Hall–Kier alpha value is -1.14. The van der Waals surface area contributed by atoms with Gasteiger partial charge in [-0.05, 0) is 61.8 Å². The third-order valence-corrected chi connectivity index (χ3v) is 6.60. The van der Waals surface area contributed by atoms with Gasteiger partial charge in [0.05, 0.1) is 17.9 Å². The standard InChI is InChI=1S/C21H27FN4.2ClH/c1-14-8-15(2-5-21(14)22)16-9-18-3-4-19(10-16)25(18)13-17-11-20-12-23-6-7-26(20)24-17;;/h2,5,8,11,16,18-19,23H,3-4,6-7,9-10,12-13H2,1H3;2*1H/t16?,18-,19+;;. The molecule has 4 heterocycles. The molecule has 2 bridgehead atoms.